The van der Waals surface area contributed by atoms with Crippen LogP contribution in [-0.4, -0.2) is 23.0 Å². The molecular formula is C7H13NS. The maximum atomic E-state index is 4.04. The van der Waals surface area contributed by atoms with Gasteiger partial charge in [-0.25, -0.2) is 0 Å². The average molecular weight is 143 g/mol. The fraction of sp³-hybridized carbons (Fsp3) is 0.571. The van der Waals surface area contributed by atoms with E-state index in [1.165, 1.54) is 18.6 Å². The Bertz CT molecular complexity index is 140. The van der Waals surface area contributed by atoms with Crippen LogP contribution < -0.4 is 0 Å². The van der Waals surface area contributed by atoms with E-state index in [0.29, 0.717) is 0 Å². The SMILES string of the molecule is C=S1CCCC=CN1C. The van der Waals surface area contributed by atoms with Gasteiger partial charge in [0.25, 0.3) is 0 Å². The summed E-state index contributed by atoms with van der Waals surface area (Å²) in [5.74, 6) is 5.29. The van der Waals surface area contributed by atoms with Gasteiger partial charge in [0.2, 0.25) is 0 Å². The van der Waals surface area contributed by atoms with Crippen LogP contribution in [0.1, 0.15) is 12.8 Å². The summed E-state index contributed by atoms with van der Waals surface area (Å²) >= 11 is 0. The lowest BCUT2D eigenvalue weighted by atomic mass is 10.3. The summed E-state index contributed by atoms with van der Waals surface area (Å²) in [7, 11) is 2.34. The maximum Gasteiger partial charge on any atom is 0.0171 e. The van der Waals surface area contributed by atoms with E-state index in [2.05, 4.69) is 29.5 Å². The molecule has 1 rings (SSSR count). The van der Waals surface area contributed by atoms with Crippen molar-refractivity contribution in [1.82, 2.24) is 4.31 Å². The number of hydrogen-bond acceptors (Lipinski definition) is 1. The molecule has 1 unspecified atom stereocenters. The number of allylic oxidation sites excluding steroid dienone is 1. The molecular weight excluding hydrogens is 130 g/mol. The van der Waals surface area contributed by atoms with Crippen LogP contribution in [0.3, 0.4) is 0 Å². The van der Waals surface area contributed by atoms with Crippen molar-refractivity contribution in [3.05, 3.63) is 12.3 Å². The standard InChI is InChI=1S/C7H13NS/c1-8-6-4-3-5-7-9(8)2/h4,6H,2-3,5,7H2,1H3. The van der Waals surface area contributed by atoms with Crippen LogP contribution in [0.5, 0.6) is 0 Å². The first kappa shape index (κ1) is 6.87. The van der Waals surface area contributed by atoms with E-state index in [0.717, 1.165) is 0 Å². The van der Waals surface area contributed by atoms with Crippen molar-refractivity contribution in [1.29, 1.82) is 0 Å². The van der Waals surface area contributed by atoms with E-state index in [1.807, 2.05) is 0 Å². The predicted molar refractivity (Wildman–Crippen MR) is 45.7 cm³/mol. The summed E-state index contributed by atoms with van der Waals surface area (Å²) in [6.07, 6.45) is 6.89. The fourth-order valence-corrected chi connectivity index (χ4v) is 1.87. The second-order valence-corrected chi connectivity index (χ2v) is 4.15. The highest BCUT2D eigenvalue weighted by Gasteiger charge is 1.98. The molecule has 0 N–H and O–H groups in total. The van der Waals surface area contributed by atoms with Crippen molar-refractivity contribution in [2.45, 2.75) is 12.8 Å². The first-order valence-electron chi connectivity index (χ1n) is 3.21. The van der Waals surface area contributed by atoms with Gasteiger partial charge >= 0.3 is 0 Å². The minimum atomic E-state index is 0.244. The monoisotopic (exact) mass is 143 g/mol. The number of hydrogen-bond donors (Lipinski definition) is 0. The van der Waals surface area contributed by atoms with Gasteiger partial charge in [0, 0.05) is 19.0 Å². The van der Waals surface area contributed by atoms with Crippen molar-refractivity contribution in [3.8, 4) is 0 Å². The Hall–Kier alpha value is -0.240. The van der Waals surface area contributed by atoms with Crippen LogP contribution in [-0.2, 0) is 0 Å². The van der Waals surface area contributed by atoms with E-state index in [-0.39, 0.29) is 10.7 Å². The van der Waals surface area contributed by atoms with Crippen LogP contribution in [0.4, 0.5) is 0 Å². The topological polar surface area (TPSA) is 3.24 Å². The Morgan fingerprint density at radius 3 is 3.22 bits per heavy atom. The lowest BCUT2D eigenvalue weighted by molar-refractivity contribution is 0.774. The first-order valence-corrected chi connectivity index (χ1v) is 4.73. The summed E-state index contributed by atoms with van der Waals surface area (Å²) in [6.45, 7) is 0. The highest BCUT2D eigenvalue weighted by molar-refractivity contribution is 8.12. The van der Waals surface area contributed by atoms with Crippen molar-refractivity contribution < 1.29 is 0 Å². The van der Waals surface area contributed by atoms with Crippen LogP contribution in [0.2, 0.25) is 0 Å². The summed E-state index contributed by atoms with van der Waals surface area (Å²) in [6, 6.07) is 0. The third kappa shape index (κ3) is 1.86. The summed E-state index contributed by atoms with van der Waals surface area (Å²) < 4.78 is 2.20. The Morgan fingerprint density at radius 1 is 1.67 bits per heavy atom. The van der Waals surface area contributed by atoms with Crippen molar-refractivity contribution in [3.63, 3.8) is 0 Å². The molecule has 1 aliphatic heterocycles. The lowest BCUT2D eigenvalue weighted by Gasteiger charge is -2.15. The highest BCUT2D eigenvalue weighted by atomic mass is 32.2. The zero-order valence-electron chi connectivity index (χ0n) is 5.84. The number of rotatable bonds is 0. The largest absolute Gasteiger partial charge is 0.333 e. The summed E-state index contributed by atoms with van der Waals surface area (Å²) in [5.41, 5.74) is 0. The molecule has 1 heterocycles. The normalized spacial score (nSPS) is 28.1. The molecule has 1 atom stereocenters. The quantitative estimate of drug-likeness (QED) is 0.468. The lowest BCUT2D eigenvalue weighted by Crippen LogP contribution is -2.01. The Kier molecular flexibility index (Phi) is 2.34. The molecule has 0 saturated heterocycles. The Labute approximate surface area is 59.4 Å². The molecule has 0 aromatic heterocycles. The molecule has 0 bridgehead atoms. The molecule has 0 fully saturated rings. The van der Waals surface area contributed by atoms with E-state index < -0.39 is 0 Å². The molecule has 0 radical (unpaired) electrons. The second-order valence-electron chi connectivity index (χ2n) is 2.24. The van der Waals surface area contributed by atoms with Crippen LogP contribution in [0, 0.1) is 0 Å². The molecule has 0 aromatic rings. The third-order valence-corrected chi connectivity index (χ3v) is 3.17. The van der Waals surface area contributed by atoms with Crippen LogP contribution >= 0.6 is 10.7 Å². The average Bonchev–Trinajstić information content (AvgIpc) is 1.99. The van der Waals surface area contributed by atoms with E-state index in [1.54, 1.807) is 0 Å². The molecule has 2 heteroatoms. The second kappa shape index (κ2) is 3.06. The molecule has 1 nitrogen and oxygen atoms in total. The molecule has 1 aliphatic rings. The minimum absolute atomic E-state index is 0.244. The van der Waals surface area contributed by atoms with Crippen molar-refractivity contribution in [2.75, 3.05) is 12.8 Å². The van der Waals surface area contributed by atoms with Gasteiger partial charge in [0.15, 0.2) is 0 Å². The molecule has 52 valence electrons. The smallest absolute Gasteiger partial charge is 0.0171 e. The first-order chi connectivity index (χ1) is 4.30. The zero-order valence-corrected chi connectivity index (χ0v) is 6.66. The van der Waals surface area contributed by atoms with Gasteiger partial charge in [-0.3, -0.25) is 0 Å². The van der Waals surface area contributed by atoms with Crippen LogP contribution in [0.15, 0.2) is 12.3 Å². The minimum Gasteiger partial charge on any atom is -0.333 e. The van der Waals surface area contributed by atoms with Gasteiger partial charge in [-0.05, 0) is 12.8 Å². The molecule has 0 saturated carbocycles. The molecule has 9 heavy (non-hydrogen) atoms. The molecule has 0 aromatic carbocycles. The van der Waals surface area contributed by atoms with Crippen molar-refractivity contribution in [2.24, 2.45) is 0 Å². The van der Waals surface area contributed by atoms with Gasteiger partial charge in [-0.1, -0.05) is 11.9 Å². The summed E-state index contributed by atoms with van der Waals surface area (Å²) in [5, 5.41) is 0. The molecule has 0 aliphatic carbocycles. The fourth-order valence-electron chi connectivity index (χ4n) is 0.821. The summed E-state index contributed by atoms with van der Waals surface area (Å²) in [4.78, 5) is 0. The van der Waals surface area contributed by atoms with Gasteiger partial charge in [0.05, 0.1) is 0 Å². The Morgan fingerprint density at radius 2 is 2.44 bits per heavy atom. The highest BCUT2D eigenvalue weighted by Crippen LogP contribution is 2.20. The Balaban J connectivity index is 2.56. The van der Waals surface area contributed by atoms with Gasteiger partial charge in [0.1, 0.15) is 0 Å². The van der Waals surface area contributed by atoms with Gasteiger partial charge < -0.3 is 4.31 Å². The van der Waals surface area contributed by atoms with Crippen LogP contribution in [0.25, 0.3) is 0 Å². The van der Waals surface area contributed by atoms with E-state index >= 15 is 0 Å². The molecule has 0 amide bonds. The van der Waals surface area contributed by atoms with Gasteiger partial charge in [-0.15, -0.1) is 10.7 Å². The third-order valence-electron chi connectivity index (χ3n) is 1.47. The molecule has 0 spiro atoms. The van der Waals surface area contributed by atoms with Gasteiger partial charge in [-0.2, -0.15) is 0 Å². The van der Waals surface area contributed by atoms with E-state index in [9.17, 15) is 0 Å². The number of nitrogens with zero attached hydrogens (tertiary/aromatic N) is 1. The maximum absolute atomic E-state index is 4.04. The van der Waals surface area contributed by atoms with Crippen molar-refractivity contribution >= 4 is 16.5 Å². The van der Waals surface area contributed by atoms with E-state index in [4.69, 9.17) is 0 Å². The predicted octanol–water partition coefficient (Wildman–Crippen LogP) is 1.84. The zero-order chi connectivity index (χ0) is 6.69.